The fourth-order valence-electron chi connectivity index (χ4n) is 2.62. The van der Waals surface area contributed by atoms with Crippen molar-refractivity contribution in [3.05, 3.63) is 35.9 Å². The maximum Gasteiger partial charge on any atom is 0.573 e. The number of alkyl halides is 3. The Labute approximate surface area is 155 Å². The number of carbonyl (C=O) groups is 1. The summed E-state index contributed by atoms with van der Waals surface area (Å²) in [6.07, 6.45) is 2.45. The van der Waals surface area contributed by atoms with Crippen LogP contribution in [-0.4, -0.2) is 33.8 Å². The molecule has 0 saturated carbocycles. The Hall–Kier alpha value is -2.07. The largest absolute Gasteiger partial charge is 0.573 e. The number of nitrogens with one attached hydrogen (secondary N) is 2. The fraction of sp³-hybridized carbons (Fsp3) is 0.471. The molecule has 1 aliphatic rings. The van der Waals surface area contributed by atoms with Gasteiger partial charge in [-0.15, -0.1) is 13.2 Å². The van der Waals surface area contributed by atoms with Gasteiger partial charge in [0.25, 0.3) is 0 Å². The molecule has 10 heteroatoms. The van der Waals surface area contributed by atoms with Gasteiger partial charge in [0.15, 0.2) is 0 Å². The molecule has 0 aromatic heterocycles. The van der Waals surface area contributed by atoms with Crippen LogP contribution >= 0.6 is 0 Å². The predicted molar refractivity (Wildman–Crippen MR) is 92.5 cm³/mol. The van der Waals surface area contributed by atoms with E-state index in [1.54, 1.807) is 0 Å². The topological polar surface area (TPSA) is 84.5 Å². The number of allylic oxidation sites excluding steroid dienone is 1. The molecule has 0 heterocycles. The lowest BCUT2D eigenvalue weighted by molar-refractivity contribution is -0.274. The monoisotopic (exact) mass is 406 g/mol. The molecular weight excluding hydrogens is 385 g/mol. The minimum atomic E-state index is -4.86. The summed E-state index contributed by atoms with van der Waals surface area (Å²) in [4.78, 5) is 11.5. The van der Waals surface area contributed by atoms with Crippen LogP contribution < -0.4 is 14.8 Å². The summed E-state index contributed by atoms with van der Waals surface area (Å²) in [6, 6.07) is 3.72. The molecule has 1 aromatic rings. The van der Waals surface area contributed by atoms with E-state index in [9.17, 15) is 26.4 Å². The van der Waals surface area contributed by atoms with E-state index in [0.29, 0.717) is 6.54 Å². The molecule has 1 aromatic carbocycles. The lowest BCUT2D eigenvalue weighted by Crippen LogP contribution is -2.37. The second-order valence-corrected chi connectivity index (χ2v) is 7.82. The molecule has 150 valence electrons. The van der Waals surface area contributed by atoms with Gasteiger partial charge < -0.3 is 10.1 Å². The highest BCUT2D eigenvalue weighted by molar-refractivity contribution is 7.89. The van der Waals surface area contributed by atoms with E-state index in [2.05, 4.69) is 20.9 Å². The lowest BCUT2D eigenvalue weighted by atomic mass is 9.97. The van der Waals surface area contributed by atoms with Crippen molar-refractivity contribution in [3.63, 3.8) is 0 Å². The first kappa shape index (κ1) is 21.2. The maximum atomic E-state index is 12.1. The zero-order valence-corrected chi connectivity index (χ0v) is 15.3. The molecule has 0 spiro atoms. The Balaban J connectivity index is 1.79. The highest BCUT2D eigenvalue weighted by Crippen LogP contribution is 2.23. The van der Waals surface area contributed by atoms with Gasteiger partial charge in [-0.3, -0.25) is 4.79 Å². The highest BCUT2D eigenvalue weighted by Gasteiger charge is 2.31. The number of rotatable bonds is 8. The smallest absolute Gasteiger partial charge is 0.406 e. The first-order chi connectivity index (χ1) is 12.7. The Morgan fingerprint density at radius 3 is 2.44 bits per heavy atom. The predicted octanol–water partition coefficient (Wildman–Crippen LogP) is 2.87. The summed E-state index contributed by atoms with van der Waals surface area (Å²) in [6.45, 7) is -0.0297. The van der Waals surface area contributed by atoms with Gasteiger partial charge in [0.2, 0.25) is 15.9 Å². The number of sulfonamides is 1. The van der Waals surface area contributed by atoms with Crippen LogP contribution in [-0.2, 0) is 14.8 Å². The number of ether oxygens (including phenoxy) is 1. The van der Waals surface area contributed by atoms with Gasteiger partial charge in [0.05, 0.1) is 11.4 Å². The standard InChI is InChI=1S/C17H21F3N2O4S/c18-17(19,20)26-14-6-8-15(9-7-14)27(24,25)22-12-16(23)21-11-10-13-4-2-1-3-5-13/h4,6-9,22H,1-3,5,10-12H2,(H,21,23). The van der Waals surface area contributed by atoms with Gasteiger partial charge in [-0.25, -0.2) is 13.1 Å². The molecule has 0 bridgehead atoms. The summed E-state index contributed by atoms with van der Waals surface area (Å²) in [7, 11) is -4.02. The third kappa shape index (κ3) is 7.59. The van der Waals surface area contributed by atoms with Crippen LogP contribution in [0.3, 0.4) is 0 Å². The normalized spacial score (nSPS) is 15.1. The summed E-state index contributed by atoms with van der Waals surface area (Å²) >= 11 is 0. The molecule has 1 amide bonds. The molecule has 6 nitrogen and oxygen atoms in total. The summed E-state index contributed by atoms with van der Waals surface area (Å²) in [5.74, 6) is -1.01. The first-order valence-electron chi connectivity index (χ1n) is 8.46. The van der Waals surface area contributed by atoms with Gasteiger partial charge in [-0.05, 0) is 56.4 Å². The van der Waals surface area contributed by atoms with Crippen LogP contribution in [0.25, 0.3) is 0 Å². The molecule has 0 saturated heterocycles. The molecule has 0 radical (unpaired) electrons. The highest BCUT2D eigenvalue weighted by atomic mass is 32.2. The summed E-state index contributed by atoms with van der Waals surface area (Å²) in [5, 5.41) is 2.64. The molecule has 2 rings (SSSR count). The van der Waals surface area contributed by atoms with E-state index in [0.717, 1.165) is 49.9 Å². The molecule has 1 aliphatic carbocycles. The Bertz CT molecular complexity index is 774. The molecule has 27 heavy (non-hydrogen) atoms. The van der Waals surface area contributed by atoms with E-state index in [-0.39, 0.29) is 4.90 Å². The van der Waals surface area contributed by atoms with Crippen molar-refractivity contribution in [3.8, 4) is 5.75 Å². The van der Waals surface area contributed by atoms with Crippen LogP contribution in [0.2, 0.25) is 0 Å². The number of amides is 1. The number of carbonyl (C=O) groups excluding carboxylic acids is 1. The lowest BCUT2D eigenvalue weighted by Gasteiger charge is -2.13. The average Bonchev–Trinajstić information content (AvgIpc) is 2.60. The molecule has 0 atom stereocenters. The van der Waals surface area contributed by atoms with Crippen LogP contribution in [0.4, 0.5) is 13.2 Å². The first-order valence-corrected chi connectivity index (χ1v) is 9.94. The van der Waals surface area contributed by atoms with E-state index in [4.69, 9.17) is 0 Å². The molecule has 2 N–H and O–H groups in total. The minimum Gasteiger partial charge on any atom is -0.406 e. The van der Waals surface area contributed by atoms with E-state index in [1.807, 2.05) is 0 Å². The number of halogens is 3. The van der Waals surface area contributed by atoms with Gasteiger partial charge in [-0.1, -0.05) is 11.6 Å². The van der Waals surface area contributed by atoms with Crippen molar-refractivity contribution in [1.29, 1.82) is 0 Å². The number of hydrogen-bond acceptors (Lipinski definition) is 4. The van der Waals surface area contributed by atoms with Crippen LogP contribution in [0.1, 0.15) is 32.1 Å². The minimum absolute atomic E-state index is 0.266. The number of hydrogen-bond donors (Lipinski definition) is 2. The van der Waals surface area contributed by atoms with Crippen molar-refractivity contribution < 1.29 is 31.1 Å². The van der Waals surface area contributed by atoms with E-state index in [1.165, 1.54) is 12.0 Å². The van der Waals surface area contributed by atoms with Crippen LogP contribution in [0, 0.1) is 0 Å². The van der Waals surface area contributed by atoms with Crippen LogP contribution in [0.5, 0.6) is 5.75 Å². The number of benzene rings is 1. The zero-order chi connectivity index (χ0) is 19.9. The third-order valence-corrected chi connectivity index (χ3v) is 5.36. The van der Waals surface area contributed by atoms with Gasteiger partial charge in [0, 0.05) is 6.54 Å². The Morgan fingerprint density at radius 1 is 1.15 bits per heavy atom. The van der Waals surface area contributed by atoms with Crippen molar-refractivity contribution in [2.24, 2.45) is 0 Å². The maximum absolute atomic E-state index is 12.1. The van der Waals surface area contributed by atoms with Crippen LogP contribution in [0.15, 0.2) is 40.8 Å². The van der Waals surface area contributed by atoms with Crippen molar-refractivity contribution in [2.75, 3.05) is 13.1 Å². The van der Waals surface area contributed by atoms with Crippen molar-refractivity contribution in [1.82, 2.24) is 10.0 Å². The van der Waals surface area contributed by atoms with Crippen molar-refractivity contribution in [2.45, 2.75) is 43.4 Å². The summed E-state index contributed by atoms with van der Waals surface area (Å²) in [5.41, 5.74) is 1.29. The third-order valence-electron chi connectivity index (χ3n) is 3.94. The molecule has 0 fully saturated rings. The van der Waals surface area contributed by atoms with Gasteiger partial charge >= 0.3 is 6.36 Å². The summed E-state index contributed by atoms with van der Waals surface area (Å²) < 4.78 is 66.3. The van der Waals surface area contributed by atoms with Gasteiger partial charge in [-0.2, -0.15) is 0 Å². The zero-order valence-electron chi connectivity index (χ0n) is 14.5. The fourth-order valence-corrected chi connectivity index (χ4v) is 3.60. The van der Waals surface area contributed by atoms with Gasteiger partial charge in [0.1, 0.15) is 5.75 Å². The quantitative estimate of drug-likeness (QED) is 0.651. The SMILES string of the molecule is O=C(CNS(=O)(=O)c1ccc(OC(F)(F)F)cc1)NCCC1=CCCCC1. The van der Waals surface area contributed by atoms with Crippen molar-refractivity contribution >= 4 is 15.9 Å². The Kier molecular flexibility index (Phi) is 7.25. The average molecular weight is 406 g/mol. The molecular formula is C17H21F3N2O4S. The van der Waals surface area contributed by atoms with E-state index < -0.39 is 34.6 Å². The Morgan fingerprint density at radius 2 is 1.85 bits per heavy atom. The second-order valence-electron chi connectivity index (χ2n) is 6.05. The molecule has 0 aliphatic heterocycles. The molecule has 0 unspecified atom stereocenters. The van der Waals surface area contributed by atoms with E-state index >= 15 is 0 Å². The second kappa shape index (κ2) is 9.23.